The minimum absolute atomic E-state index is 0.0143. The van der Waals surface area contributed by atoms with Gasteiger partial charge in [-0.05, 0) is 80.2 Å². The lowest BCUT2D eigenvalue weighted by Gasteiger charge is -2.33. The fourth-order valence-electron chi connectivity index (χ4n) is 7.07. The summed E-state index contributed by atoms with van der Waals surface area (Å²) >= 11 is 0. The second-order valence-electron chi connectivity index (χ2n) is 15.7. The molecule has 59 heavy (non-hydrogen) atoms. The van der Waals surface area contributed by atoms with Crippen LogP contribution in [0.15, 0.2) is 48.8 Å². The number of hydrogen-bond acceptors (Lipinski definition) is 15. The maximum atomic E-state index is 11.7. The van der Waals surface area contributed by atoms with Crippen LogP contribution >= 0.6 is 0 Å². The van der Waals surface area contributed by atoms with Crippen molar-refractivity contribution in [3.63, 3.8) is 0 Å². The highest BCUT2D eigenvalue weighted by Gasteiger charge is 2.23. The third-order valence-electron chi connectivity index (χ3n) is 10.6. The van der Waals surface area contributed by atoms with Crippen LogP contribution in [0.4, 0.5) is 23.0 Å². The van der Waals surface area contributed by atoms with Gasteiger partial charge in [-0.2, -0.15) is 0 Å². The molecule has 0 aromatic carbocycles. The Hall–Kier alpha value is -4.88. The molecule has 0 unspecified atom stereocenters. The molecule has 2 aliphatic rings. The first kappa shape index (κ1) is 45.2. The number of amides is 1. The summed E-state index contributed by atoms with van der Waals surface area (Å²) < 4.78 is 26.0. The zero-order valence-electron chi connectivity index (χ0n) is 36.3. The van der Waals surface area contributed by atoms with E-state index in [1.54, 1.807) is 24.5 Å². The van der Waals surface area contributed by atoms with Crippen LogP contribution in [0.2, 0.25) is 0 Å². The average Bonchev–Trinajstić information content (AvgIpc) is 3.17. The molecular weight excluding hydrogens is 769 g/mol. The second-order valence-corrected chi connectivity index (χ2v) is 17.5. The van der Waals surface area contributed by atoms with Crippen molar-refractivity contribution in [2.75, 3.05) is 107 Å². The Kier molecular flexibility index (Phi) is 15.6. The number of likely N-dealkylation sites (N-methyl/N-ethyl adjacent to an activating group) is 2. The number of aryl methyl sites for hydroxylation is 2. The monoisotopic (exact) mass is 830 g/mol. The molecule has 2 atom stereocenters. The molecule has 2 N–H and O–H groups in total. The van der Waals surface area contributed by atoms with Gasteiger partial charge in [-0.1, -0.05) is 0 Å². The first-order chi connectivity index (χ1) is 27.9. The Morgan fingerprint density at radius 2 is 1.12 bits per heavy atom. The van der Waals surface area contributed by atoms with Crippen LogP contribution in [0.5, 0.6) is 0 Å². The Labute approximate surface area is 350 Å². The van der Waals surface area contributed by atoms with Crippen LogP contribution in [0.3, 0.4) is 0 Å². The van der Waals surface area contributed by atoms with E-state index in [4.69, 9.17) is 0 Å². The number of carbonyl (C=O) groups excluding carboxylic acids is 1. The predicted octanol–water partition coefficient (Wildman–Crippen LogP) is 3.58. The van der Waals surface area contributed by atoms with Gasteiger partial charge in [-0.3, -0.25) is 29.3 Å². The maximum absolute atomic E-state index is 11.7. The zero-order chi connectivity index (χ0) is 42.9. The van der Waals surface area contributed by atoms with Gasteiger partial charge in [0.2, 0.25) is 15.9 Å². The van der Waals surface area contributed by atoms with Crippen molar-refractivity contribution in [3.8, 4) is 0 Å². The first-order valence-electron chi connectivity index (χ1n) is 20.1. The normalized spacial score (nSPS) is 16.4. The van der Waals surface area contributed by atoms with Crippen LogP contribution in [0, 0.1) is 13.8 Å². The molecule has 17 nitrogen and oxygen atoms in total. The molecular formula is C41H62N14O3S. The van der Waals surface area contributed by atoms with Gasteiger partial charge >= 0.3 is 0 Å². The molecule has 320 valence electrons. The van der Waals surface area contributed by atoms with E-state index in [1.807, 2.05) is 47.0 Å². The number of rotatable bonds is 13. The molecule has 0 spiro atoms. The van der Waals surface area contributed by atoms with E-state index in [0.29, 0.717) is 24.5 Å². The topological polar surface area (TPSA) is 172 Å². The Balaban J connectivity index is 0.000000224. The van der Waals surface area contributed by atoms with Gasteiger partial charge in [0.25, 0.3) is 0 Å². The number of pyridine rings is 2. The van der Waals surface area contributed by atoms with Crippen LogP contribution in [0.25, 0.3) is 0 Å². The fraction of sp³-hybridized carbons (Fsp3) is 0.537. The first-order valence-corrected chi connectivity index (χ1v) is 22.0. The molecule has 0 bridgehead atoms. The molecule has 2 aliphatic heterocycles. The quantitative estimate of drug-likeness (QED) is 0.200. The van der Waals surface area contributed by atoms with Crippen molar-refractivity contribution in [1.82, 2.24) is 49.5 Å². The number of anilines is 4. The SMILES string of the molecule is CC(=O)Nc1cccnc1[C@H](C)N(C)Cc1cc(N2CCN(C)CC2)nc(C)n1.Cc1nc(CN(C)[C@@H](C)c2ncccc2NS(C)(=O)=O)cc(N2CCN(C)CC2)n1. The molecule has 6 heterocycles. The van der Waals surface area contributed by atoms with E-state index >= 15 is 0 Å². The average molecular weight is 831 g/mol. The number of piperazine rings is 2. The fourth-order valence-corrected chi connectivity index (χ4v) is 7.64. The van der Waals surface area contributed by atoms with Crippen molar-refractivity contribution in [3.05, 3.63) is 83.2 Å². The maximum Gasteiger partial charge on any atom is 0.229 e. The highest BCUT2D eigenvalue weighted by molar-refractivity contribution is 7.92. The van der Waals surface area contributed by atoms with Crippen molar-refractivity contribution in [2.24, 2.45) is 0 Å². The van der Waals surface area contributed by atoms with E-state index in [1.165, 1.54) is 6.92 Å². The van der Waals surface area contributed by atoms with Crippen molar-refractivity contribution in [2.45, 2.75) is 59.8 Å². The molecule has 4 aromatic rings. The van der Waals surface area contributed by atoms with Crippen molar-refractivity contribution >= 4 is 38.9 Å². The third kappa shape index (κ3) is 13.3. The van der Waals surface area contributed by atoms with E-state index < -0.39 is 10.0 Å². The summed E-state index contributed by atoms with van der Waals surface area (Å²) in [6.07, 6.45) is 4.57. The number of nitrogens with zero attached hydrogens (tertiary/aromatic N) is 12. The minimum atomic E-state index is -3.38. The number of sulfonamides is 1. The van der Waals surface area contributed by atoms with Gasteiger partial charge in [0, 0.05) is 96.9 Å². The molecule has 1 amide bonds. The molecule has 0 saturated carbocycles. The third-order valence-corrected chi connectivity index (χ3v) is 11.2. The highest BCUT2D eigenvalue weighted by Crippen LogP contribution is 2.28. The number of hydrogen-bond donors (Lipinski definition) is 2. The van der Waals surface area contributed by atoms with Crippen LogP contribution in [-0.4, -0.2) is 151 Å². The van der Waals surface area contributed by atoms with E-state index in [2.05, 4.69) is 102 Å². The number of nitrogens with one attached hydrogen (secondary N) is 2. The van der Waals surface area contributed by atoms with Crippen molar-refractivity contribution < 1.29 is 13.2 Å². The Bertz CT molecular complexity index is 2120. The lowest BCUT2D eigenvalue weighted by atomic mass is 10.1. The summed E-state index contributed by atoms with van der Waals surface area (Å²) in [6.45, 7) is 18.7. The summed E-state index contributed by atoms with van der Waals surface area (Å²) in [5, 5.41) is 2.87. The zero-order valence-corrected chi connectivity index (χ0v) is 37.2. The van der Waals surface area contributed by atoms with Gasteiger partial charge in [0.05, 0.1) is 52.5 Å². The smallest absolute Gasteiger partial charge is 0.229 e. The van der Waals surface area contributed by atoms with Gasteiger partial charge in [-0.15, -0.1) is 0 Å². The van der Waals surface area contributed by atoms with Gasteiger partial charge < -0.3 is 24.9 Å². The molecule has 4 aromatic heterocycles. The van der Waals surface area contributed by atoms with Crippen molar-refractivity contribution in [1.29, 1.82) is 0 Å². The summed E-state index contributed by atoms with van der Waals surface area (Å²) in [5.41, 5.74) is 4.68. The predicted molar refractivity (Wildman–Crippen MR) is 234 cm³/mol. The molecule has 0 aliphatic carbocycles. The largest absolute Gasteiger partial charge is 0.354 e. The molecule has 6 rings (SSSR count). The van der Waals surface area contributed by atoms with E-state index in [9.17, 15) is 13.2 Å². The molecule has 2 saturated heterocycles. The Morgan fingerprint density at radius 1 is 0.712 bits per heavy atom. The van der Waals surface area contributed by atoms with Crippen LogP contribution in [0.1, 0.15) is 67.3 Å². The van der Waals surface area contributed by atoms with Gasteiger partial charge in [-0.25, -0.2) is 28.4 Å². The highest BCUT2D eigenvalue weighted by atomic mass is 32.2. The van der Waals surface area contributed by atoms with Crippen LogP contribution in [-0.2, 0) is 27.9 Å². The minimum Gasteiger partial charge on any atom is -0.354 e. The molecule has 2 fully saturated rings. The lowest BCUT2D eigenvalue weighted by Crippen LogP contribution is -2.45. The summed E-state index contributed by atoms with van der Waals surface area (Å²) in [7, 11) is 4.93. The molecule has 0 radical (unpaired) electrons. The number of aromatic nitrogens is 6. The lowest BCUT2D eigenvalue weighted by molar-refractivity contribution is -0.114. The van der Waals surface area contributed by atoms with Gasteiger partial charge in [0.15, 0.2) is 0 Å². The summed E-state index contributed by atoms with van der Waals surface area (Å²) in [4.78, 5) is 52.6. The van der Waals surface area contributed by atoms with E-state index in [-0.39, 0.29) is 18.0 Å². The summed E-state index contributed by atoms with van der Waals surface area (Å²) in [5.74, 6) is 3.40. The number of carbonyl (C=O) groups is 1. The van der Waals surface area contributed by atoms with Gasteiger partial charge in [0.1, 0.15) is 23.3 Å². The van der Waals surface area contributed by atoms with E-state index in [0.717, 1.165) is 105 Å². The Morgan fingerprint density at radius 3 is 1.53 bits per heavy atom. The second kappa shape index (κ2) is 20.4. The molecule has 18 heteroatoms. The summed E-state index contributed by atoms with van der Waals surface area (Å²) in [6, 6.07) is 11.2. The standard InChI is InChI=1S/C21H31N7O.C20H31N7O2S/c1-15(21-19(25-17(3)29)7-6-8-22-21)27(5)14-18-13-20(24-16(2)23-18)28-11-9-26(4)10-12-28;1-15(20-18(7-6-8-21-20)24-30(5,28)29)26(4)14-17-13-19(23-16(2)22-17)27-11-9-25(3)10-12-27/h6-8,13,15H,9-12,14H2,1-5H3,(H,25,29);6-8,13,15,24H,9-12,14H2,1-5H3/t2*15-/m00/s1. The van der Waals surface area contributed by atoms with Crippen LogP contribution < -0.4 is 19.8 Å².